The van der Waals surface area contributed by atoms with E-state index in [0.717, 1.165) is 35.2 Å². The summed E-state index contributed by atoms with van der Waals surface area (Å²) in [4.78, 5) is 42.4. The zero-order valence-corrected chi connectivity index (χ0v) is 26.0. The van der Waals surface area contributed by atoms with Crippen molar-refractivity contribution >= 4 is 44.2 Å². The molecule has 10 nitrogen and oxygen atoms in total. The summed E-state index contributed by atoms with van der Waals surface area (Å²) < 4.78 is 57.2. The highest BCUT2D eigenvalue weighted by Crippen LogP contribution is 2.36. The molecule has 0 radical (unpaired) electrons. The highest BCUT2D eigenvalue weighted by atomic mass is 35.5. The van der Waals surface area contributed by atoms with Crippen LogP contribution >= 0.6 is 11.6 Å². The Bertz CT molecular complexity index is 2000. The zero-order valence-electron chi connectivity index (χ0n) is 24.4. The average Bonchev–Trinajstić information content (AvgIpc) is 2.97. The van der Waals surface area contributed by atoms with E-state index in [1.54, 1.807) is 23.6 Å². The summed E-state index contributed by atoms with van der Waals surface area (Å²) in [6.45, 7) is 9.80. The summed E-state index contributed by atoms with van der Waals surface area (Å²) >= 11 is 6.33. The van der Waals surface area contributed by atoms with Gasteiger partial charge in [-0.15, -0.1) is 0 Å². The van der Waals surface area contributed by atoms with E-state index < -0.39 is 27.2 Å². The molecule has 44 heavy (non-hydrogen) atoms. The van der Waals surface area contributed by atoms with E-state index in [1.807, 2.05) is 6.92 Å². The predicted octanol–water partition coefficient (Wildman–Crippen LogP) is 4.52. The first-order valence-electron chi connectivity index (χ1n) is 13.7. The van der Waals surface area contributed by atoms with Crippen LogP contribution in [0.3, 0.4) is 0 Å². The topological polar surface area (TPSA) is 118 Å². The van der Waals surface area contributed by atoms with Gasteiger partial charge in [-0.2, -0.15) is 4.98 Å². The number of pyridine rings is 2. The number of piperazine rings is 1. The molecule has 1 aliphatic heterocycles. The fourth-order valence-corrected chi connectivity index (χ4v) is 6.40. The van der Waals surface area contributed by atoms with Crippen molar-refractivity contribution in [3.05, 3.63) is 82.0 Å². The second-order valence-corrected chi connectivity index (χ2v) is 13.3. The van der Waals surface area contributed by atoms with Crippen LogP contribution in [0, 0.1) is 11.6 Å². The second kappa shape index (κ2) is 11.7. The van der Waals surface area contributed by atoms with Crippen LogP contribution in [0.5, 0.6) is 0 Å². The summed E-state index contributed by atoms with van der Waals surface area (Å²) in [5.41, 5.74) is -1.01. The minimum Gasteiger partial charge on any atom is -0.350 e. The molecule has 4 heterocycles. The molecule has 0 N–H and O–H groups in total. The molecule has 1 aromatic carbocycles. The fourth-order valence-electron chi connectivity index (χ4n) is 5.38. The maximum Gasteiger partial charge on any atom is 0.355 e. The standard InChI is InChI=1S/C30H29ClF2N6O4S/c1-6-25(40)37-9-10-38(17(4)15-37)28-20-12-23(33)26(19-11-18(32)7-8-22(19)31)35-29(20)39(30(41)36-28)27-21(16(2)3)13-34-14-24(27)44(5,42)43/h6-8,11-14,16-17H,1,9-10,15H2,2-5H3/t17-/m0/s1. The first-order chi connectivity index (χ1) is 20.7. The normalized spacial score (nSPS) is 15.7. The lowest BCUT2D eigenvalue weighted by Gasteiger charge is -2.40. The highest BCUT2D eigenvalue weighted by Gasteiger charge is 2.31. The average molecular weight is 643 g/mol. The predicted molar refractivity (Wildman–Crippen MR) is 164 cm³/mol. The lowest BCUT2D eigenvalue weighted by atomic mass is 10.0. The molecule has 0 spiro atoms. The maximum absolute atomic E-state index is 15.9. The van der Waals surface area contributed by atoms with Gasteiger partial charge in [0, 0.05) is 49.9 Å². The number of fused-ring (bicyclic) bond motifs is 1. The quantitative estimate of drug-likeness (QED) is 0.282. The SMILES string of the molecule is C=CC(=O)N1CCN(c2nc(=O)n(-c3c(C(C)C)cncc3S(C)(=O)=O)c3nc(-c4cc(F)ccc4Cl)c(F)cc23)[C@@H](C)C1. The molecule has 1 saturated heterocycles. The number of aromatic nitrogens is 4. The Morgan fingerprint density at radius 3 is 2.52 bits per heavy atom. The van der Waals surface area contributed by atoms with Crippen molar-refractivity contribution in [1.29, 1.82) is 0 Å². The highest BCUT2D eigenvalue weighted by molar-refractivity contribution is 7.90. The first kappa shape index (κ1) is 31.2. The Labute approximate surface area is 257 Å². The van der Waals surface area contributed by atoms with E-state index in [-0.39, 0.29) is 81.2 Å². The van der Waals surface area contributed by atoms with E-state index in [4.69, 9.17) is 11.6 Å². The van der Waals surface area contributed by atoms with Crippen LogP contribution in [-0.4, -0.2) is 70.7 Å². The number of rotatable bonds is 6. The first-order valence-corrected chi connectivity index (χ1v) is 15.9. The van der Waals surface area contributed by atoms with Crippen molar-refractivity contribution in [2.45, 2.75) is 37.6 Å². The number of carbonyl (C=O) groups is 1. The zero-order chi connectivity index (χ0) is 32.1. The third-order valence-corrected chi connectivity index (χ3v) is 8.96. The molecule has 3 aromatic heterocycles. The van der Waals surface area contributed by atoms with Crippen LogP contribution in [0.15, 0.2) is 59.0 Å². The number of benzene rings is 1. The van der Waals surface area contributed by atoms with E-state index in [9.17, 15) is 22.4 Å². The third-order valence-electron chi connectivity index (χ3n) is 7.53. The van der Waals surface area contributed by atoms with Gasteiger partial charge in [-0.3, -0.25) is 9.78 Å². The van der Waals surface area contributed by atoms with E-state index in [0.29, 0.717) is 5.56 Å². The Kier molecular flexibility index (Phi) is 8.29. The van der Waals surface area contributed by atoms with Crippen molar-refractivity contribution in [1.82, 2.24) is 24.4 Å². The van der Waals surface area contributed by atoms with Gasteiger partial charge in [-0.1, -0.05) is 32.0 Å². The largest absolute Gasteiger partial charge is 0.355 e. The van der Waals surface area contributed by atoms with Crippen molar-refractivity contribution in [3.8, 4) is 16.9 Å². The Balaban J connectivity index is 1.89. The monoisotopic (exact) mass is 642 g/mol. The van der Waals surface area contributed by atoms with Gasteiger partial charge in [-0.25, -0.2) is 31.5 Å². The van der Waals surface area contributed by atoms with E-state index in [1.165, 1.54) is 18.3 Å². The summed E-state index contributed by atoms with van der Waals surface area (Å²) in [7, 11) is -3.94. The minimum absolute atomic E-state index is 0.0144. The second-order valence-electron chi connectivity index (χ2n) is 10.9. The van der Waals surface area contributed by atoms with Crippen molar-refractivity contribution in [3.63, 3.8) is 0 Å². The maximum atomic E-state index is 15.9. The number of carbonyl (C=O) groups excluding carboxylic acids is 1. The molecule has 0 aliphatic carbocycles. The third kappa shape index (κ3) is 5.57. The molecular weight excluding hydrogens is 614 g/mol. The lowest BCUT2D eigenvalue weighted by Crippen LogP contribution is -2.54. The molecule has 5 rings (SSSR count). The molecule has 1 atom stereocenters. The molecule has 4 aromatic rings. The number of hydrogen-bond acceptors (Lipinski definition) is 8. The van der Waals surface area contributed by atoms with Gasteiger partial charge < -0.3 is 9.80 Å². The van der Waals surface area contributed by atoms with Crippen LogP contribution in [0.1, 0.15) is 32.3 Å². The number of sulfone groups is 1. The van der Waals surface area contributed by atoms with Crippen LogP contribution in [0.4, 0.5) is 14.6 Å². The van der Waals surface area contributed by atoms with Crippen molar-refractivity contribution in [2.24, 2.45) is 0 Å². The molecule has 0 unspecified atom stereocenters. The Morgan fingerprint density at radius 1 is 1.16 bits per heavy atom. The van der Waals surface area contributed by atoms with E-state index >= 15 is 4.39 Å². The van der Waals surface area contributed by atoms with Gasteiger partial charge in [0.25, 0.3) is 0 Å². The Hall–Kier alpha value is -4.23. The molecule has 1 fully saturated rings. The fraction of sp³-hybridized carbons (Fsp3) is 0.300. The van der Waals surface area contributed by atoms with Gasteiger partial charge in [0.05, 0.1) is 16.1 Å². The van der Waals surface area contributed by atoms with Crippen LogP contribution < -0.4 is 10.6 Å². The van der Waals surface area contributed by atoms with Crippen LogP contribution in [0.25, 0.3) is 28.0 Å². The number of nitrogens with zero attached hydrogens (tertiary/aromatic N) is 6. The van der Waals surface area contributed by atoms with Gasteiger partial charge >= 0.3 is 5.69 Å². The van der Waals surface area contributed by atoms with E-state index in [2.05, 4.69) is 21.5 Å². The molecule has 0 bridgehead atoms. The van der Waals surface area contributed by atoms with Gasteiger partial charge in [0.2, 0.25) is 5.91 Å². The van der Waals surface area contributed by atoms with Crippen molar-refractivity contribution < 1.29 is 22.0 Å². The van der Waals surface area contributed by atoms with Crippen LogP contribution in [-0.2, 0) is 14.6 Å². The Morgan fingerprint density at radius 2 is 1.89 bits per heavy atom. The van der Waals surface area contributed by atoms with Crippen molar-refractivity contribution in [2.75, 3.05) is 30.8 Å². The number of hydrogen-bond donors (Lipinski definition) is 0. The number of anilines is 1. The lowest BCUT2D eigenvalue weighted by molar-refractivity contribution is -0.126. The molecule has 1 amide bonds. The summed E-state index contributed by atoms with van der Waals surface area (Å²) in [5.74, 6) is -2.00. The molecule has 0 saturated carbocycles. The summed E-state index contributed by atoms with van der Waals surface area (Å²) in [5, 5.41) is 0.111. The summed E-state index contributed by atoms with van der Waals surface area (Å²) in [6, 6.07) is 4.18. The molecule has 14 heteroatoms. The molecule has 230 valence electrons. The van der Waals surface area contributed by atoms with Gasteiger partial charge in [-0.05, 0) is 48.7 Å². The minimum atomic E-state index is -3.94. The smallest absolute Gasteiger partial charge is 0.350 e. The van der Waals surface area contributed by atoms with Gasteiger partial charge in [0.1, 0.15) is 28.0 Å². The van der Waals surface area contributed by atoms with Crippen LogP contribution in [0.2, 0.25) is 5.02 Å². The number of halogens is 3. The summed E-state index contributed by atoms with van der Waals surface area (Å²) in [6.07, 6.45) is 4.79. The molecule has 1 aliphatic rings. The van der Waals surface area contributed by atoms with Gasteiger partial charge in [0.15, 0.2) is 15.5 Å². The molecular formula is C30H29ClF2N6O4S. The number of amides is 1.